The summed E-state index contributed by atoms with van der Waals surface area (Å²) in [7, 11) is 0. The first-order valence-electron chi connectivity index (χ1n) is 6.91. The number of unbranched alkanes of at least 4 members (excludes halogenated alkanes) is 1. The highest BCUT2D eigenvalue weighted by atomic mass is 16.1. The van der Waals surface area contributed by atoms with Crippen molar-refractivity contribution in [1.29, 1.82) is 0 Å². The lowest BCUT2D eigenvalue weighted by Gasteiger charge is -2.24. The van der Waals surface area contributed by atoms with Gasteiger partial charge in [-0.2, -0.15) is 0 Å². The molecule has 1 aromatic carbocycles. The van der Waals surface area contributed by atoms with Crippen LogP contribution in [0.3, 0.4) is 0 Å². The molecule has 0 atom stereocenters. The molecule has 1 aromatic rings. The van der Waals surface area contributed by atoms with Crippen molar-refractivity contribution in [3.8, 4) is 0 Å². The molecule has 1 rings (SSSR count). The van der Waals surface area contributed by atoms with Crippen molar-refractivity contribution < 1.29 is 4.79 Å². The van der Waals surface area contributed by atoms with Crippen LogP contribution in [0.5, 0.6) is 0 Å². The molecule has 0 saturated heterocycles. The molecule has 3 heteroatoms. The smallest absolute Gasteiger partial charge is 0.221 e. The average Bonchev–Trinajstić information content (AvgIpc) is 2.38. The van der Waals surface area contributed by atoms with E-state index in [4.69, 9.17) is 0 Å². The molecule has 0 radical (unpaired) electrons. The number of hydrogen-bond donors (Lipinski definition) is 1. The molecule has 0 saturated carbocycles. The summed E-state index contributed by atoms with van der Waals surface area (Å²) in [6, 6.07) is 8.01. The minimum atomic E-state index is -0.0364. The molecule has 0 aliphatic carbocycles. The van der Waals surface area contributed by atoms with Gasteiger partial charge in [0.1, 0.15) is 0 Å². The predicted octanol–water partition coefficient (Wildman–Crippen LogP) is 3.83. The van der Waals surface area contributed by atoms with Crippen LogP contribution in [-0.2, 0) is 4.79 Å². The maximum absolute atomic E-state index is 11.1. The number of rotatable bonds is 7. The van der Waals surface area contributed by atoms with Gasteiger partial charge in [0.15, 0.2) is 0 Å². The van der Waals surface area contributed by atoms with Crippen molar-refractivity contribution in [3.05, 3.63) is 36.4 Å². The number of nitrogens with zero attached hydrogens (tertiary/aromatic N) is 1. The minimum absolute atomic E-state index is 0.0364. The predicted molar refractivity (Wildman–Crippen MR) is 82.7 cm³/mol. The van der Waals surface area contributed by atoms with Gasteiger partial charge in [-0.15, -0.1) is 0 Å². The fourth-order valence-electron chi connectivity index (χ4n) is 1.89. The standard InChI is InChI=1S/C16H24N2O/c1-4-6-11-18(12-7-5-2)16-10-8-9-15(13-16)17-14(3)19/h4,6,8-10,13H,5,7,11-12H2,1-3H3,(H,17,19). The Hall–Kier alpha value is -1.77. The SMILES string of the molecule is CC=CCN(CCCC)c1cccc(NC(C)=O)c1. The first-order valence-corrected chi connectivity index (χ1v) is 6.91. The van der Waals surface area contributed by atoms with Crippen LogP contribution in [0.4, 0.5) is 11.4 Å². The molecule has 0 bridgehead atoms. The molecule has 104 valence electrons. The highest BCUT2D eigenvalue weighted by Crippen LogP contribution is 2.20. The minimum Gasteiger partial charge on any atom is -0.368 e. The zero-order valence-corrected chi connectivity index (χ0v) is 12.1. The first kappa shape index (κ1) is 15.3. The highest BCUT2D eigenvalue weighted by Gasteiger charge is 2.05. The molecular weight excluding hydrogens is 236 g/mol. The molecule has 0 aliphatic rings. The third kappa shape index (κ3) is 5.60. The van der Waals surface area contributed by atoms with Gasteiger partial charge in [0.05, 0.1) is 0 Å². The Morgan fingerprint density at radius 2 is 2.21 bits per heavy atom. The molecule has 19 heavy (non-hydrogen) atoms. The third-order valence-corrected chi connectivity index (χ3v) is 2.87. The average molecular weight is 260 g/mol. The van der Waals surface area contributed by atoms with Crippen LogP contribution >= 0.6 is 0 Å². The monoisotopic (exact) mass is 260 g/mol. The molecule has 0 spiro atoms. The van der Waals surface area contributed by atoms with Gasteiger partial charge in [0.2, 0.25) is 5.91 Å². The lowest BCUT2D eigenvalue weighted by atomic mass is 10.2. The van der Waals surface area contributed by atoms with E-state index in [0.717, 1.165) is 24.5 Å². The summed E-state index contributed by atoms with van der Waals surface area (Å²) in [6.45, 7) is 7.69. The number of amides is 1. The van der Waals surface area contributed by atoms with Gasteiger partial charge in [-0.05, 0) is 31.5 Å². The number of carbonyl (C=O) groups is 1. The van der Waals surface area contributed by atoms with E-state index in [-0.39, 0.29) is 5.91 Å². The van der Waals surface area contributed by atoms with Gasteiger partial charge < -0.3 is 10.2 Å². The Bertz CT molecular complexity index is 427. The normalized spacial score (nSPS) is 10.7. The summed E-state index contributed by atoms with van der Waals surface area (Å²) in [6.07, 6.45) is 6.57. The van der Waals surface area contributed by atoms with Crippen LogP contribution in [0.2, 0.25) is 0 Å². The van der Waals surface area contributed by atoms with Gasteiger partial charge in [-0.25, -0.2) is 0 Å². The van der Waals surface area contributed by atoms with E-state index in [1.807, 2.05) is 25.1 Å². The molecule has 3 nitrogen and oxygen atoms in total. The Kier molecular flexibility index (Phi) is 6.72. The second kappa shape index (κ2) is 8.35. The van der Waals surface area contributed by atoms with Crippen molar-refractivity contribution in [2.45, 2.75) is 33.6 Å². The van der Waals surface area contributed by atoms with Gasteiger partial charge in [0, 0.05) is 31.4 Å². The van der Waals surface area contributed by atoms with Gasteiger partial charge in [0.25, 0.3) is 0 Å². The van der Waals surface area contributed by atoms with E-state index in [0.29, 0.717) is 0 Å². The van der Waals surface area contributed by atoms with Crippen molar-refractivity contribution in [2.75, 3.05) is 23.3 Å². The van der Waals surface area contributed by atoms with E-state index in [1.165, 1.54) is 19.8 Å². The van der Waals surface area contributed by atoms with Gasteiger partial charge in [-0.1, -0.05) is 31.6 Å². The number of allylic oxidation sites excluding steroid dienone is 1. The number of nitrogens with one attached hydrogen (secondary N) is 1. The topological polar surface area (TPSA) is 32.3 Å². The summed E-state index contributed by atoms with van der Waals surface area (Å²) in [5.74, 6) is -0.0364. The van der Waals surface area contributed by atoms with E-state index in [1.54, 1.807) is 0 Å². The van der Waals surface area contributed by atoms with Crippen LogP contribution < -0.4 is 10.2 Å². The second-order valence-electron chi connectivity index (χ2n) is 4.60. The van der Waals surface area contributed by atoms with Crippen LogP contribution in [-0.4, -0.2) is 19.0 Å². The maximum atomic E-state index is 11.1. The zero-order chi connectivity index (χ0) is 14.1. The highest BCUT2D eigenvalue weighted by molar-refractivity contribution is 5.89. The summed E-state index contributed by atoms with van der Waals surface area (Å²) in [4.78, 5) is 13.4. The first-order chi connectivity index (χ1) is 9.17. The fraction of sp³-hybridized carbons (Fsp3) is 0.438. The van der Waals surface area contributed by atoms with E-state index in [2.05, 4.69) is 35.4 Å². The number of benzene rings is 1. The number of hydrogen-bond acceptors (Lipinski definition) is 2. The fourth-order valence-corrected chi connectivity index (χ4v) is 1.89. The second-order valence-corrected chi connectivity index (χ2v) is 4.60. The largest absolute Gasteiger partial charge is 0.368 e. The van der Waals surface area contributed by atoms with E-state index in [9.17, 15) is 4.79 Å². The number of anilines is 2. The van der Waals surface area contributed by atoms with Crippen LogP contribution in [0.15, 0.2) is 36.4 Å². The van der Waals surface area contributed by atoms with E-state index >= 15 is 0 Å². The molecule has 0 fully saturated rings. The summed E-state index contributed by atoms with van der Waals surface area (Å²) >= 11 is 0. The van der Waals surface area contributed by atoms with Crippen molar-refractivity contribution in [1.82, 2.24) is 0 Å². The molecule has 0 aliphatic heterocycles. The molecule has 1 amide bonds. The Morgan fingerprint density at radius 1 is 1.42 bits per heavy atom. The van der Waals surface area contributed by atoms with E-state index < -0.39 is 0 Å². The lowest BCUT2D eigenvalue weighted by Crippen LogP contribution is -2.24. The van der Waals surface area contributed by atoms with Crippen LogP contribution in [0, 0.1) is 0 Å². The Labute approximate surface area is 116 Å². The zero-order valence-electron chi connectivity index (χ0n) is 12.1. The summed E-state index contributed by atoms with van der Waals surface area (Å²) in [5.41, 5.74) is 2.00. The molecular formula is C16H24N2O. The number of carbonyl (C=O) groups excluding carboxylic acids is 1. The third-order valence-electron chi connectivity index (χ3n) is 2.87. The van der Waals surface area contributed by atoms with Crippen molar-refractivity contribution in [2.24, 2.45) is 0 Å². The summed E-state index contributed by atoms with van der Waals surface area (Å²) < 4.78 is 0. The molecule has 0 unspecified atom stereocenters. The van der Waals surface area contributed by atoms with Crippen molar-refractivity contribution >= 4 is 17.3 Å². The Balaban J connectivity index is 2.84. The Morgan fingerprint density at radius 3 is 2.84 bits per heavy atom. The summed E-state index contributed by atoms with van der Waals surface area (Å²) in [5, 5.41) is 2.83. The van der Waals surface area contributed by atoms with Crippen LogP contribution in [0.25, 0.3) is 0 Å². The quantitative estimate of drug-likeness (QED) is 0.756. The molecule has 0 heterocycles. The van der Waals surface area contributed by atoms with Crippen LogP contribution in [0.1, 0.15) is 33.6 Å². The lowest BCUT2D eigenvalue weighted by molar-refractivity contribution is -0.114. The maximum Gasteiger partial charge on any atom is 0.221 e. The molecule has 0 aromatic heterocycles. The van der Waals surface area contributed by atoms with Crippen molar-refractivity contribution in [3.63, 3.8) is 0 Å². The van der Waals surface area contributed by atoms with Gasteiger partial charge in [-0.3, -0.25) is 4.79 Å². The van der Waals surface area contributed by atoms with Gasteiger partial charge >= 0.3 is 0 Å². The molecule has 1 N–H and O–H groups in total.